The predicted octanol–water partition coefficient (Wildman–Crippen LogP) is 1.10. The molecule has 1 aliphatic rings. The van der Waals surface area contributed by atoms with Gasteiger partial charge in [0, 0.05) is 19.0 Å². The fourth-order valence-corrected chi connectivity index (χ4v) is 2.10. The van der Waals surface area contributed by atoms with Crippen molar-refractivity contribution >= 4 is 5.91 Å². The number of nitrogens with zero attached hydrogens (tertiary/aromatic N) is 1. The minimum Gasteiger partial charge on any atom is -0.342 e. The van der Waals surface area contributed by atoms with Gasteiger partial charge in [0.25, 0.3) is 0 Å². The van der Waals surface area contributed by atoms with Gasteiger partial charge in [-0.05, 0) is 32.4 Å². The van der Waals surface area contributed by atoms with Crippen molar-refractivity contribution in [3.8, 4) is 0 Å². The van der Waals surface area contributed by atoms with Crippen LogP contribution in [0.15, 0.2) is 0 Å². The van der Waals surface area contributed by atoms with Crippen molar-refractivity contribution in [3.63, 3.8) is 0 Å². The molecule has 0 saturated carbocycles. The highest BCUT2D eigenvalue weighted by molar-refractivity contribution is 5.79. The van der Waals surface area contributed by atoms with Gasteiger partial charge in [-0.15, -0.1) is 0 Å². The summed E-state index contributed by atoms with van der Waals surface area (Å²) in [6, 6.07) is 0. The summed E-state index contributed by atoms with van der Waals surface area (Å²) in [5.41, 5.74) is 0. The second-order valence-electron chi connectivity index (χ2n) is 4.49. The quantitative estimate of drug-likeness (QED) is 0.733. The predicted molar refractivity (Wildman–Crippen MR) is 58.1 cm³/mol. The van der Waals surface area contributed by atoms with Gasteiger partial charge in [0.15, 0.2) is 0 Å². The fraction of sp³-hybridized carbons (Fsp3) is 0.909. The van der Waals surface area contributed by atoms with Crippen LogP contribution in [0.2, 0.25) is 0 Å². The molecule has 0 aromatic heterocycles. The minimum absolute atomic E-state index is 0.241. The summed E-state index contributed by atoms with van der Waals surface area (Å²) in [5, 5.41) is 3.15. The van der Waals surface area contributed by atoms with Crippen molar-refractivity contribution in [2.45, 2.75) is 26.7 Å². The van der Waals surface area contributed by atoms with Crippen LogP contribution in [0.3, 0.4) is 0 Å². The third-order valence-corrected chi connectivity index (χ3v) is 2.88. The zero-order chi connectivity index (χ0) is 10.6. The third kappa shape index (κ3) is 2.98. The molecule has 0 aliphatic carbocycles. The molecular weight excluding hydrogens is 176 g/mol. The van der Waals surface area contributed by atoms with Gasteiger partial charge in [-0.25, -0.2) is 0 Å². The van der Waals surface area contributed by atoms with Crippen LogP contribution in [0, 0.1) is 11.8 Å². The van der Waals surface area contributed by atoms with E-state index in [2.05, 4.69) is 12.2 Å². The van der Waals surface area contributed by atoms with E-state index in [1.165, 1.54) is 6.42 Å². The summed E-state index contributed by atoms with van der Waals surface area (Å²) in [5.74, 6) is 1.14. The van der Waals surface area contributed by atoms with Crippen molar-refractivity contribution in [2.75, 3.05) is 26.7 Å². The largest absolute Gasteiger partial charge is 0.342 e. The van der Waals surface area contributed by atoms with Gasteiger partial charge < -0.3 is 10.2 Å². The Morgan fingerprint density at radius 2 is 2.36 bits per heavy atom. The Morgan fingerprint density at radius 1 is 1.64 bits per heavy atom. The molecule has 82 valence electrons. The zero-order valence-electron chi connectivity index (χ0n) is 9.55. The van der Waals surface area contributed by atoms with Crippen LogP contribution in [-0.4, -0.2) is 37.5 Å². The van der Waals surface area contributed by atoms with Crippen LogP contribution >= 0.6 is 0 Å². The molecule has 1 heterocycles. The van der Waals surface area contributed by atoms with Crippen LogP contribution in [0.25, 0.3) is 0 Å². The first-order valence-corrected chi connectivity index (χ1v) is 5.58. The summed E-state index contributed by atoms with van der Waals surface area (Å²) >= 11 is 0. The number of hydrogen-bond donors (Lipinski definition) is 1. The molecule has 1 amide bonds. The lowest BCUT2D eigenvalue weighted by Gasteiger charge is -2.32. The van der Waals surface area contributed by atoms with Crippen LogP contribution in [-0.2, 0) is 4.79 Å². The molecule has 0 spiro atoms. The van der Waals surface area contributed by atoms with Crippen LogP contribution in [0.5, 0.6) is 0 Å². The first-order valence-electron chi connectivity index (χ1n) is 5.58. The lowest BCUT2D eigenvalue weighted by molar-refractivity contribution is -0.138. The molecule has 1 N–H and O–H groups in total. The van der Waals surface area contributed by atoms with Crippen molar-refractivity contribution < 1.29 is 4.79 Å². The van der Waals surface area contributed by atoms with Gasteiger partial charge in [0.2, 0.25) is 5.91 Å². The summed E-state index contributed by atoms with van der Waals surface area (Å²) in [4.78, 5) is 13.8. The number of rotatable bonds is 4. The molecule has 0 aromatic rings. The Bertz CT molecular complexity index is 194. The van der Waals surface area contributed by atoms with Crippen molar-refractivity contribution in [3.05, 3.63) is 0 Å². The molecule has 0 aromatic carbocycles. The lowest BCUT2D eigenvalue weighted by atomic mass is 9.98. The zero-order valence-corrected chi connectivity index (χ0v) is 9.55. The average Bonchev–Trinajstić information content (AvgIpc) is 2.13. The maximum absolute atomic E-state index is 11.8. The minimum atomic E-state index is 0.241. The lowest BCUT2D eigenvalue weighted by Crippen LogP contribution is -2.43. The van der Waals surface area contributed by atoms with Crippen LogP contribution in [0.4, 0.5) is 0 Å². The average molecular weight is 198 g/mol. The topological polar surface area (TPSA) is 32.3 Å². The smallest absolute Gasteiger partial charge is 0.225 e. The fourth-order valence-electron chi connectivity index (χ4n) is 2.10. The number of hydrogen-bond acceptors (Lipinski definition) is 2. The van der Waals surface area contributed by atoms with Gasteiger partial charge in [0.05, 0.1) is 0 Å². The number of amides is 1. The molecule has 1 rings (SSSR count). The number of carbonyl (C=O) groups is 1. The number of likely N-dealkylation sites (tertiary alicyclic amines) is 1. The molecule has 2 atom stereocenters. The monoisotopic (exact) mass is 198 g/mol. The Balaban J connectivity index is 2.39. The van der Waals surface area contributed by atoms with Gasteiger partial charge in [-0.3, -0.25) is 4.79 Å². The van der Waals surface area contributed by atoms with Gasteiger partial charge >= 0.3 is 0 Å². The Kier molecular flexibility index (Phi) is 4.39. The van der Waals surface area contributed by atoms with Crippen molar-refractivity contribution in [2.24, 2.45) is 11.8 Å². The van der Waals surface area contributed by atoms with Crippen molar-refractivity contribution in [1.82, 2.24) is 10.2 Å². The van der Waals surface area contributed by atoms with Crippen molar-refractivity contribution in [1.29, 1.82) is 0 Å². The van der Waals surface area contributed by atoms with E-state index in [4.69, 9.17) is 0 Å². The molecule has 0 bridgehead atoms. The second kappa shape index (κ2) is 5.35. The standard InChI is InChI=1S/C11H22N2O/c1-9(7-12-3)8-13-6-4-5-10(2)11(13)14/h9-10,12H,4-8H2,1-3H3. The molecule has 1 fully saturated rings. The van der Waals surface area contributed by atoms with Gasteiger partial charge in [0.1, 0.15) is 0 Å². The van der Waals surface area contributed by atoms with E-state index in [0.29, 0.717) is 11.8 Å². The molecule has 14 heavy (non-hydrogen) atoms. The van der Waals surface area contributed by atoms with Crippen LogP contribution < -0.4 is 5.32 Å². The SMILES string of the molecule is CNCC(C)CN1CCCC(C)C1=O. The Hall–Kier alpha value is -0.570. The molecule has 0 radical (unpaired) electrons. The number of carbonyl (C=O) groups excluding carboxylic acids is 1. The highest BCUT2D eigenvalue weighted by Crippen LogP contribution is 2.17. The molecular formula is C11H22N2O. The summed E-state index contributed by atoms with van der Waals surface area (Å²) in [7, 11) is 1.96. The van der Waals surface area contributed by atoms with E-state index in [0.717, 1.165) is 26.1 Å². The first kappa shape index (κ1) is 11.5. The Labute approximate surface area is 86.9 Å². The number of nitrogens with one attached hydrogen (secondary N) is 1. The van der Waals surface area contributed by atoms with Crippen LogP contribution in [0.1, 0.15) is 26.7 Å². The van der Waals surface area contributed by atoms with E-state index in [-0.39, 0.29) is 5.92 Å². The maximum atomic E-state index is 11.8. The van der Waals surface area contributed by atoms with E-state index < -0.39 is 0 Å². The molecule has 3 nitrogen and oxygen atoms in total. The highest BCUT2D eigenvalue weighted by Gasteiger charge is 2.25. The highest BCUT2D eigenvalue weighted by atomic mass is 16.2. The summed E-state index contributed by atoms with van der Waals surface area (Å²) < 4.78 is 0. The van der Waals surface area contributed by atoms with Gasteiger partial charge in [-0.2, -0.15) is 0 Å². The summed E-state index contributed by atoms with van der Waals surface area (Å²) in [6.07, 6.45) is 2.23. The second-order valence-corrected chi connectivity index (χ2v) is 4.49. The third-order valence-electron chi connectivity index (χ3n) is 2.88. The molecule has 3 heteroatoms. The normalized spacial score (nSPS) is 25.2. The number of piperidine rings is 1. The maximum Gasteiger partial charge on any atom is 0.225 e. The van der Waals surface area contributed by atoms with E-state index >= 15 is 0 Å². The Morgan fingerprint density at radius 3 is 3.00 bits per heavy atom. The van der Waals surface area contributed by atoms with E-state index in [9.17, 15) is 4.79 Å². The summed E-state index contributed by atoms with van der Waals surface area (Å²) in [6.45, 7) is 7.07. The molecule has 1 aliphatic heterocycles. The first-order chi connectivity index (χ1) is 6.65. The molecule has 2 unspecified atom stereocenters. The molecule has 1 saturated heterocycles. The van der Waals surface area contributed by atoms with Gasteiger partial charge in [-0.1, -0.05) is 13.8 Å². The van der Waals surface area contributed by atoms with E-state index in [1.54, 1.807) is 0 Å². The van der Waals surface area contributed by atoms with E-state index in [1.807, 2.05) is 18.9 Å².